The summed E-state index contributed by atoms with van der Waals surface area (Å²) >= 11 is 0. The van der Waals surface area contributed by atoms with Crippen molar-refractivity contribution in [3.8, 4) is 17.3 Å². The molecule has 1 aliphatic heterocycles. The maximum absolute atomic E-state index is 13.0. The van der Waals surface area contributed by atoms with Crippen LogP contribution in [0.1, 0.15) is 35.8 Å². The van der Waals surface area contributed by atoms with Crippen LogP contribution in [0.4, 0.5) is 0 Å². The third kappa shape index (κ3) is 4.29. The van der Waals surface area contributed by atoms with E-state index >= 15 is 0 Å². The lowest BCUT2D eigenvalue weighted by atomic mass is 9.93. The summed E-state index contributed by atoms with van der Waals surface area (Å²) in [6.07, 6.45) is 5.81. The summed E-state index contributed by atoms with van der Waals surface area (Å²) < 4.78 is 5.39. The maximum atomic E-state index is 13.0. The second-order valence-electron chi connectivity index (χ2n) is 7.33. The highest BCUT2D eigenvalue weighted by Crippen LogP contribution is 2.28. The lowest BCUT2D eigenvalue weighted by Gasteiger charge is -2.33. The van der Waals surface area contributed by atoms with Gasteiger partial charge in [0.15, 0.2) is 5.82 Å². The number of aryl methyl sites for hydroxylation is 1. The van der Waals surface area contributed by atoms with Crippen LogP contribution in [-0.4, -0.2) is 50.9 Å². The standard InChI is InChI=1S/C22H25N5O2/c1-15-25-18(13-19(26-15)22-23-9-10-24-22)17-7-5-11-27(14-17)21(28)12-16-6-3-4-8-20(16)29-2/h3-4,6,8-10,13,17H,5,7,11-12,14H2,1-2H3,(H,23,24)/t17-/m0/s1. The lowest BCUT2D eigenvalue weighted by Crippen LogP contribution is -2.40. The Morgan fingerprint density at radius 3 is 2.97 bits per heavy atom. The Hall–Kier alpha value is -3.22. The van der Waals surface area contributed by atoms with Crippen molar-refractivity contribution in [2.75, 3.05) is 20.2 Å². The molecule has 2 aromatic heterocycles. The number of nitrogens with one attached hydrogen (secondary N) is 1. The van der Waals surface area contributed by atoms with Gasteiger partial charge in [-0.2, -0.15) is 0 Å². The molecule has 3 aromatic rings. The number of likely N-dealkylation sites (tertiary alicyclic amines) is 1. The Labute approximate surface area is 170 Å². The highest BCUT2D eigenvalue weighted by atomic mass is 16.5. The Balaban J connectivity index is 1.50. The molecule has 1 amide bonds. The predicted octanol–water partition coefficient (Wildman–Crippen LogP) is 3.13. The van der Waals surface area contributed by atoms with Crippen molar-refractivity contribution in [2.45, 2.75) is 32.1 Å². The molecule has 0 aliphatic carbocycles. The zero-order chi connectivity index (χ0) is 20.2. The summed E-state index contributed by atoms with van der Waals surface area (Å²) in [4.78, 5) is 31.5. The topological polar surface area (TPSA) is 84.0 Å². The van der Waals surface area contributed by atoms with E-state index in [1.807, 2.05) is 42.2 Å². The molecular weight excluding hydrogens is 366 g/mol. The van der Waals surface area contributed by atoms with Gasteiger partial charge < -0.3 is 14.6 Å². The molecule has 7 heteroatoms. The molecule has 0 bridgehead atoms. The van der Waals surface area contributed by atoms with Crippen LogP contribution in [0.2, 0.25) is 0 Å². The number of H-pyrrole nitrogens is 1. The van der Waals surface area contributed by atoms with Crippen molar-refractivity contribution in [2.24, 2.45) is 0 Å². The predicted molar refractivity (Wildman–Crippen MR) is 110 cm³/mol. The van der Waals surface area contributed by atoms with Crippen molar-refractivity contribution in [3.05, 3.63) is 59.8 Å². The van der Waals surface area contributed by atoms with E-state index in [1.54, 1.807) is 19.5 Å². The first kappa shape index (κ1) is 19.1. The van der Waals surface area contributed by atoms with Crippen molar-refractivity contribution in [3.63, 3.8) is 0 Å². The molecule has 1 aliphatic rings. The van der Waals surface area contributed by atoms with Gasteiger partial charge in [0.1, 0.15) is 17.3 Å². The van der Waals surface area contributed by atoms with Crippen LogP contribution < -0.4 is 4.74 Å². The molecule has 29 heavy (non-hydrogen) atoms. The maximum Gasteiger partial charge on any atom is 0.227 e. The fourth-order valence-corrected chi connectivity index (χ4v) is 3.90. The highest BCUT2D eigenvalue weighted by molar-refractivity contribution is 5.79. The van der Waals surface area contributed by atoms with Gasteiger partial charge in [-0.05, 0) is 31.9 Å². The third-order valence-electron chi connectivity index (χ3n) is 5.33. The molecule has 3 heterocycles. The van der Waals surface area contributed by atoms with Gasteiger partial charge >= 0.3 is 0 Å². The molecule has 0 unspecified atom stereocenters. The van der Waals surface area contributed by atoms with Gasteiger partial charge in [-0.1, -0.05) is 18.2 Å². The normalized spacial score (nSPS) is 16.6. The average Bonchev–Trinajstić information content (AvgIpc) is 3.29. The van der Waals surface area contributed by atoms with Gasteiger partial charge in [-0.3, -0.25) is 4.79 Å². The zero-order valence-corrected chi connectivity index (χ0v) is 16.8. The fourth-order valence-electron chi connectivity index (χ4n) is 3.90. The monoisotopic (exact) mass is 391 g/mol. The molecule has 0 saturated carbocycles. The summed E-state index contributed by atoms with van der Waals surface area (Å²) in [7, 11) is 1.63. The van der Waals surface area contributed by atoms with Crippen LogP contribution in [0.5, 0.6) is 5.75 Å². The second-order valence-corrected chi connectivity index (χ2v) is 7.33. The van der Waals surface area contributed by atoms with E-state index < -0.39 is 0 Å². The van der Waals surface area contributed by atoms with Gasteiger partial charge in [0.25, 0.3) is 0 Å². The van der Waals surface area contributed by atoms with Gasteiger partial charge in [-0.25, -0.2) is 15.0 Å². The molecule has 1 saturated heterocycles. The number of carbonyl (C=O) groups is 1. The number of nitrogens with zero attached hydrogens (tertiary/aromatic N) is 4. The van der Waals surface area contributed by atoms with Crippen molar-refractivity contribution in [1.29, 1.82) is 0 Å². The Morgan fingerprint density at radius 1 is 1.31 bits per heavy atom. The SMILES string of the molecule is COc1ccccc1CC(=O)N1CCC[C@H](c2cc(-c3ncc[nH]3)nc(C)n2)C1. The van der Waals surface area contributed by atoms with Crippen molar-refractivity contribution >= 4 is 5.91 Å². The fraction of sp³-hybridized carbons (Fsp3) is 0.364. The molecular formula is C22H25N5O2. The van der Waals surface area contributed by atoms with E-state index in [0.29, 0.717) is 18.8 Å². The van der Waals surface area contributed by atoms with Gasteiger partial charge in [0.05, 0.1) is 13.5 Å². The minimum Gasteiger partial charge on any atom is -0.496 e. The van der Waals surface area contributed by atoms with Crippen LogP contribution in [-0.2, 0) is 11.2 Å². The molecule has 1 N–H and O–H groups in total. The van der Waals surface area contributed by atoms with Gasteiger partial charge in [0, 0.05) is 42.7 Å². The quantitative estimate of drug-likeness (QED) is 0.722. The highest BCUT2D eigenvalue weighted by Gasteiger charge is 2.27. The summed E-state index contributed by atoms with van der Waals surface area (Å²) in [6, 6.07) is 9.68. The number of aromatic nitrogens is 4. The van der Waals surface area contributed by atoms with Crippen LogP contribution in [0.15, 0.2) is 42.7 Å². The van der Waals surface area contributed by atoms with E-state index in [4.69, 9.17) is 4.74 Å². The molecule has 0 spiro atoms. The first-order valence-corrected chi connectivity index (χ1v) is 9.89. The number of imidazole rings is 1. The van der Waals surface area contributed by atoms with E-state index in [2.05, 4.69) is 19.9 Å². The number of hydrogen-bond donors (Lipinski definition) is 1. The number of amides is 1. The second kappa shape index (κ2) is 8.43. The number of carbonyl (C=O) groups excluding carboxylic acids is 1. The summed E-state index contributed by atoms with van der Waals surface area (Å²) in [5.74, 6) is 2.52. The molecule has 4 rings (SSSR count). The van der Waals surface area contributed by atoms with Gasteiger partial charge in [0.2, 0.25) is 5.91 Å². The van der Waals surface area contributed by atoms with E-state index in [1.165, 1.54) is 0 Å². The van der Waals surface area contributed by atoms with E-state index in [-0.39, 0.29) is 11.8 Å². The Kier molecular flexibility index (Phi) is 5.55. The lowest BCUT2D eigenvalue weighted by molar-refractivity contribution is -0.131. The van der Waals surface area contributed by atoms with E-state index in [9.17, 15) is 4.79 Å². The third-order valence-corrected chi connectivity index (χ3v) is 5.33. The number of ether oxygens (including phenoxy) is 1. The smallest absolute Gasteiger partial charge is 0.227 e. The number of hydrogen-bond acceptors (Lipinski definition) is 5. The van der Waals surface area contributed by atoms with Crippen LogP contribution >= 0.6 is 0 Å². The molecule has 150 valence electrons. The van der Waals surface area contributed by atoms with E-state index in [0.717, 1.165) is 47.9 Å². The number of para-hydroxylation sites is 1. The summed E-state index contributed by atoms with van der Waals surface area (Å²) in [5, 5.41) is 0. The first-order valence-electron chi connectivity index (χ1n) is 9.89. The largest absolute Gasteiger partial charge is 0.496 e. The summed E-state index contributed by atoms with van der Waals surface area (Å²) in [6.45, 7) is 3.34. The van der Waals surface area contributed by atoms with Crippen LogP contribution in [0, 0.1) is 6.92 Å². The zero-order valence-electron chi connectivity index (χ0n) is 16.8. The number of piperidine rings is 1. The number of rotatable bonds is 5. The minimum absolute atomic E-state index is 0.122. The number of methoxy groups -OCH3 is 1. The molecule has 1 atom stereocenters. The molecule has 7 nitrogen and oxygen atoms in total. The molecule has 1 fully saturated rings. The molecule has 1 aromatic carbocycles. The van der Waals surface area contributed by atoms with Crippen LogP contribution in [0.25, 0.3) is 11.5 Å². The van der Waals surface area contributed by atoms with Crippen LogP contribution in [0.3, 0.4) is 0 Å². The summed E-state index contributed by atoms with van der Waals surface area (Å²) in [5.41, 5.74) is 2.67. The average molecular weight is 391 g/mol. The Bertz CT molecular complexity index is 987. The van der Waals surface area contributed by atoms with Gasteiger partial charge in [-0.15, -0.1) is 0 Å². The molecule has 0 radical (unpaired) electrons. The minimum atomic E-state index is 0.122. The number of benzene rings is 1. The number of aromatic amines is 1. The van der Waals surface area contributed by atoms with Crippen molar-refractivity contribution in [1.82, 2.24) is 24.8 Å². The van der Waals surface area contributed by atoms with Crippen molar-refractivity contribution < 1.29 is 9.53 Å². The Morgan fingerprint density at radius 2 is 2.17 bits per heavy atom. The first-order chi connectivity index (χ1) is 14.1.